The fourth-order valence-corrected chi connectivity index (χ4v) is 2.07. The van der Waals surface area contributed by atoms with Crippen molar-refractivity contribution < 1.29 is 8.81 Å². The second-order valence-electron chi connectivity index (χ2n) is 3.61. The van der Waals surface area contributed by atoms with E-state index in [1.165, 1.54) is 12.3 Å². The van der Waals surface area contributed by atoms with Gasteiger partial charge in [-0.3, -0.25) is 0 Å². The lowest BCUT2D eigenvalue weighted by atomic mass is 10.2. The van der Waals surface area contributed by atoms with E-state index in [2.05, 4.69) is 20.9 Å². The summed E-state index contributed by atoms with van der Waals surface area (Å²) >= 11 is 3.30. The van der Waals surface area contributed by atoms with Gasteiger partial charge < -0.3 is 10.2 Å². The molecule has 2 N–H and O–H groups in total. The van der Waals surface area contributed by atoms with Crippen LogP contribution in [0.3, 0.4) is 0 Å². The summed E-state index contributed by atoms with van der Waals surface area (Å²) in [6.45, 7) is 0.584. The number of benzene rings is 1. The Hall–Kier alpha value is -1.20. The third-order valence-electron chi connectivity index (χ3n) is 2.36. The molecule has 0 bridgehead atoms. The molecule has 0 spiro atoms. The zero-order valence-electron chi connectivity index (χ0n) is 9.12. The van der Waals surface area contributed by atoms with Crippen molar-refractivity contribution in [3.63, 3.8) is 0 Å². The van der Waals surface area contributed by atoms with Gasteiger partial charge in [0.1, 0.15) is 5.82 Å². The second-order valence-corrected chi connectivity index (χ2v) is 4.46. The Morgan fingerprint density at radius 1 is 1.41 bits per heavy atom. The minimum Gasteiger partial charge on any atom is -0.441 e. The van der Waals surface area contributed by atoms with Gasteiger partial charge in [-0.1, -0.05) is 6.07 Å². The van der Waals surface area contributed by atoms with Crippen molar-refractivity contribution in [1.82, 2.24) is 4.98 Å². The number of hydrogen-bond donors (Lipinski definition) is 1. The first-order valence-corrected chi connectivity index (χ1v) is 6.11. The number of rotatable bonds is 4. The summed E-state index contributed by atoms with van der Waals surface area (Å²) in [6.07, 6.45) is 3.01. The van der Waals surface area contributed by atoms with Crippen LogP contribution in [0, 0.1) is 5.82 Å². The van der Waals surface area contributed by atoms with Gasteiger partial charge in [0.2, 0.25) is 0 Å². The molecular formula is C12H12BrFN2O. The molecule has 0 atom stereocenters. The molecule has 1 heterocycles. The van der Waals surface area contributed by atoms with Gasteiger partial charge in [-0.2, -0.15) is 0 Å². The zero-order chi connectivity index (χ0) is 12.3. The van der Waals surface area contributed by atoms with Crippen LogP contribution >= 0.6 is 15.9 Å². The van der Waals surface area contributed by atoms with Crippen LogP contribution in [0.1, 0.15) is 12.3 Å². The summed E-state index contributed by atoms with van der Waals surface area (Å²) < 4.78 is 19.8. The van der Waals surface area contributed by atoms with Crippen LogP contribution in [0.25, 0.3) is 11.3 Å². The van der Waals surface area contributed by atoms with E-state index in [4.69, 9.17) is 10.2 Å². The number of nitrogens with two attached hydrogens (primary N) is 1. The summed E-state index contributed by atoms with van der Waals surface area (Å²) in [4.78, 5) is 4.10. The van der Waals surface area contributed by atoms with Crippen molar-refractivity contribution in [1.29, 1.82) is 0 Å². The summed E-state index contributed by atoms with van der Waals surface area (Å²) in [5.74, 6) is 0.684. The number of hydrogen-bond acceptors (Lipinski definition) is 3. The van der Waals surface area contributed by atoms with Crippen LogP contribution < -0.4 is 5.73 Å². The molecule has 1 aromatic carbocycles. The number of aryl methyl sites for hydroxylation is 1. The Balaban J connectivity index is 2.30. The molecule has 0 amide bonds. The first kappa shape index (κ1) is 12.3. The van der Waals surface area contributed by atoms with E-state index in [0.717, 1.165) is 6.42 Å². The Labute approximate surface area is 107 Å². The van der Waals surface area contributed by atoms with Crippen LogP contribution in [0.4, 0.5) is 4.39 Å². The molecule has 0 unspecified atom stereocenters. The van der Waals surface area contributed by atoms with Gasteiger partial charge in [0, 0.05) is 10.9 Å². The smallest absolute Gasteiger partial charge is 0.194 e. The number of oxazole rings is 1. The first-order chi connectivity index (χ1) is 8.22. The third kappa shape index (κ3) is 2.73. The van der Waals surface area contributed by atoms with Crippen LogP contribution in [0.2, 0.25) is 0 Å². The molecule has 0 aliphatic rings. The lowest BCUT2D eigenvalue weighted by molar-refractivity contribution is 0.495. The van der Waals surface area contributed by atoms with Crippen molar-refractivity contribution in [2.75, 3.05) is 6.54 Å². The fourth-order valence-electron chi connectivity index (χ4n) is 1.53. The van der Waals surface area contributed by atoms with E-state index in [-0.39, 0.29) is 5.82 Å². The van der Waals surface area contributed by atoms with E-state index in [9.17, 15) is 4.39 Å². The van der Waals surface area contributed by atoms with Gasteiger partial charge in [-0.15, -0.1) is 0 Å². The van der Waals surface area contributed by atoms with Crippen LogP contribution in [-0.4, -0.2) is 11.5 Å². The lowest BCUT2D eigenvalue weighted by Gasteiger charge is -2.01. The van der Waals surface area contributed by atoms with Gasteiger partial charge in [0.15, 0.2) is 11.7 Å². The Morgan fingerprint density at radius 3 is 2.94 bits per heavy atom. The normalized spacial score (nSPS) is 10.8. The highest BCUT2D eigenvalue weighted by Gasteiger charge is 2.13. The minimum absolute atomic E-state index is 0.333. The van der Waals surface area contributed by atoms with E-state index >= 15 is 0 Å². The van der Waals surface area contributed by atoms with Gasteiger partial charge in [0.25, 0.3) is 0 Å². The largest absolute Gasteiger partial charge is 0.441 e. The van der Waals surface area contributed by atoms with Crippen molar-refractivity contribution in [3.8, 4) is 11.3 Å². The van der Waals surface area contributed by atoms with E-state index < -0.39 is 0 Å². The topological polar surface area (TPSA) is 52.0 Å². The van der Waals surface area contributed by atoms with E-state index in [1.807, 2.05) is 0 Å². The molecule has 0 aliphatic carbocycles. The summed E-state index contributed by atoms with van der Waals surface area (Å²) in [5.41, 5.74) is 5.81. The maximum absolute atomic E-state index is 13.7. The molecule has 0 saturated heterocycles. The van der Waals surface area contributed by atoms with E-state index in [1.54, 1.807) is 12.1 Å². The second kappa shape index (κ2) is 5.42. The first-order valence-electron chi connectivity index (χ1n) is 5.31. The molecular weight excluding hydrogens is 287 g/mol. The minimum atomic E-state index is -0.333. The number of aromatic nitrogens is 1. The third-order valence-corrected chi connectivity index (χ3v) is 3.02. The van der Waals surface area contributed by atoms with E-state index in [0.29, 0.717) is 34.7 Å². The van der Waals surface area contributed by atoms with Gasteiger partial charge >= 0.3 is 0 Å². The number of halogens is 2. The molecule has 2 aromatic rings. The van der Waals surface area contributed by atoms with Crippen LogP contribution in [-0.2, 0) is 6.42 Å². The molecule has 90 valence electrons. The molecule has 2 rings (SSSR count). The Kier molecular flexibility index (Phi) is 3.91. The molecule has 5 heteroatoms. The molecule has 3 nitrogen and oxygen atoms in total. The lowest BCUT2D eigenvalue weighted by Crippen LogP contribution is -2.00. The van der Waals surface area contributed by atoms with Crippen molar-refractivity contribution in [2.45, 2.75) is 12.8 Å². The molecule has 0 saturated carbocycles. The highest BCUT2D eigenvalue weighted by molar-refractivity contribution is 9.10. The highest BCUT2D eigenvalue weighted by Crippen LogP contribution is 2.31. The monoisotopic (exact) mass is 298 g/mol. The van der Waals surface area contributed by atoms with Crippen molar-refractivity contribution in [3.05, 3.63) is 40.6 Å². The fraction of sp³-hybridized carbons (Fsp3) is 0.250. The Bertz CT molecular complexity index is 493. The summed E-state index contributed by atoms with van der Waals surface area (Å²) in [7, 11) is 0. The van der Waals surface area contributed by atoms with Crippen LogP contribution in [0.5, 0.6) is 0 Å². The maximum atomic E-state index is 13.7. The van der Waals surface area contributed by atoms with Crippen molar-refractivity contribution in [2.24, 2.45) is 5.73 Å². The van der Waals surface area contributed by atoms with Crippen molar-refractivity contribution >= 4 is 15.9 Å². The van der Waals surface area contributed by atoms with Crippen LogP contribution in [0.15, 0.2) is 33.3 Å². The standard InChI is InChI=1S/C12H12BrFN2O/c13-8-3-1-4-9(14)12(8)10-7-16-11(17-10)5-2-6-15/h1,3-4,7H,2,5-6,15H2. The maximum Gasteiger partial charge on any atom is 0.194 e. The predicted octanol–water partition coefficient (Wildman–Crippen LogP) is 3.13. The summed E-state index contributed by atoms with van der Waals surface area (Å²) in [5, 5.41) is 0. The quantitative estimate of drug-likeness (QED) is 0.943. The highest BCUT2D eigenvalue weighted by atomic mass is 79.9. The molecule has 0 fully saturated rings. The summed E-state index contributed by atoms with van der Waals surface area (Å²) in [6, 6.07) is 4.79. The van der Waals surface area contributed by atoms with Gasteiger partial charge in [-0.25, -0.2) is 9.37 Å². The Morgan fingerprint density at radius 2 is 2.24 bits per heavy atom. The van der Waals surface area contributed by atoms with Gasteiger partial charge in [0.05, 0.1) is 11.8 Å². The molecule has 0 radical (unpaired) electrons. The average molecular weight is 299 g/mol. The molecule has 0 aliphatic heterocycles. The zero-order valence-corrected chi connectivity index (χ0v) is 10.7. The SMILES string of the molecule is NCCCc1ncc(-c2c(F)cccc2Br)o1. The predicted molar refractivity (Wildman–Crippen MR) is 67.0 cm³/mol. The average Bonchev–Trinajstić information content (AvgIpc) is 2.75. The molecule has 1 aromatic heterocycles. The molecule has 17 heavy (non-hydrogen) atoms. The number of nitrogens with zero attached hydrogens (tertiary/aromatic N) is 1. The van der Waals surface area contributed by atoms with Gasteiger partial charge in [-0.05, 0) is 41.0 Å².